The van der Waals surface area contributed by atoms with E-state index in [1.54, 1.807) is 14.1 Å². The van der Waals surface area contributed by atoms with Crippen LogP contribution in [0.25, 0.3) is 0 Å². The highest BCUT2D eigenvalue weighted by molar-refractivity contribution is 5.66. The van der Waals surface area contributed by atoms with Crippen molar-refractivity contribution in [3.05, 3.63) is 0 Å². The van der Waals surface area contributed by atoms with Crippen LogP contribution in [0.3, 0.4) is 0 Å². The minimum absolute atomic E-state index is 0.233. The van der Waals surface area contributed by atoms with Crippen molar-refractivity contribution >= 4 is 6.09 Å². The molecule has 0 aromatic carbocycles. The maximum absolute atomic E-state index is 11.1. The summed E-state index contributed by atoms with van der Waals surface area (Å²) < 4.78 is 5.09. The van der Waals surface area contributed by atoms with E-state index >= 15 is 0 Å². The first-order valence-corrected chi connectivity index (χ1v) is 6.95. The molecule has 0 aliphatic heterocycles. The van der Waals surface area contributed by atoms with Gasteiger partial charge >= 0.3 is 6.09 Å². The highest BCUT2D eigenvalue weighted by Crippen LogP contribution is 2.19. The number of unbranched alkanes of at least 4 members (excludes halogenated alkanes) is 2. The largest absolute Gasteiger partial charge is 0.449 e. The lowest BCUT2D eigenvalue weighted by Gasteiger charge is -2.14. The number of carbonyl (C=O) groups is 1. The van der Waals surface area contributed by atoms with Crippen molar-refractivity contribution in [3.63, 3.8) is 0 Å². The fourth-order valence-electron chi connectivity index (χ4n) is 1.87. The Bertz CT molecular complexity index is 193. The summed E-state index contributed by atoms with van der Waals surface area (Å²) in [6, 6.07) is 0. The van der Waals surface area contributed by atoms with Gasteiger partial charge in [0, 0.05) is 14.1 Å². The number of ether oxygens (including phenoxy) is 1. The van der Waals surface area contributed by atoms with Gasteiger partial charge in [-0.05, 0) is 18.8 Å². The molecule has 0 aliphatic carbocycles. The van der Waals surface area contributed by atoms with E-state index in [0.717, 1.165) is 12.3 Å². The summed E-state index contributed by atoms with van der Waals surface area (Å²) in [6.45, 7) is 5.07. The summed E-state index contributed by atoms with van der Waals surface area (Å²) in [5.74, 6) is 0.861. The van der Waals surface area contributed by atoms with Crippen LogP contribution in [-0.2, 0) is 4.74 Å². The van der Waals surface area contributed by atoms with Gasteiger partial charge in [0.1, 0.15) is 0 Å². The maximum Gasteiger partial charge on any atom is 0.409 e. The predicted molar refractivity (Wildman–Crippen MR) is 72.2 cm³/mol. The molecule has 102 valence electrons. The molecule has 0 heterocycles. The average Bonchev–Trinajstić information content (AvgIpc) is 2.32. The zero-order valence-corrected chi connectivity index (χ0v) is 12.0. The minimum atomic E-state index is -0.233. The van der Waals surface area contributed by atoms with Crippen molar-refractivity contribution in [2.24, 2.45) is 5.92 Å². The molecule has 0 fully saturated rings. The van der Waals surface area contributed by atoms with E-state index < -0.39 is 0 Å². The lowest BCUT2D eigenvalue weighted by molar-refractivity contribution is 0.116. The molecule has 1 unspecified atom stereocenters. The molecule has 0 aromatic rings. The van der Waals surface area contributed by atoms with Gasteiger partial charge in [0.05, 0.1) is 6.61 Å². The van der Waals surface area contributed by atoms with Gasteiger partial charge in [0.25, 0.3) is 0 Å². The molecule has 0 aromatic heterocycles. The Morgan fingerprint density at radius 1 is 1.12 bits per heavy atom. The van der Waals surface area contributed by atoms with Crippen LogP contribution >= 0.6 is 0 Å². The van der Waals surface area contributed by atoms with Crippen molar-refractivity contribution < 1.29 is 9.53 Å². The minimum Gasteiger partial charge on any atom is -0.449 e. The van der Waals surface area contributed by atoms with E-state index in [2.05, 4.69) is 13.8 Å². The lowest BCUT2D eigenvalue weighted by Crippen LogP contribution is -2.23. The SMILES string of the molecule is CCCCC(CC)CCCCOC(=O)N(C)C. The Balaban J connectivity index is 3.45. The fourth-order valence-corrected chi connectivity index (χ4v) is 1.87. The molecule has 17 heavy (non-hydrogen) atoms. The van der Waals surface area contributed by atoms with E-state index in [1.165, 1.54) is 43.4 Å². The second kappa shape index (κ2) is 10.4. The zero-order chi connectivity index (χ0) is 13.1. The number of amides is 1. The van der Waals surface area contributed by atoms with Crippen molar-refractivity contribution in [3.8, 4) is 0 Å². The second-order valence-corrected chi connectivity index (χ2v) is 4.92. The third kappa shape index (κ3) is 9.02. The van der Waals surface area contributed by atoms with Gasteiger partial charge in [0.2, 0.25) is 0 Å². The Kier molecular flexibility index (Phi) is 9.98. The zero-order valence-electron chi connectivity index (χ0n) is 12.0. The van der Waals surface area contributed by atoms with Crippen LogP contribution in [-0.4, -0.2) is 31.7 Å². The molecule has 3 nitrogen and oxygen atoms in total. The lowest BCUT2D eigenvalue weighted by atomic mass is 9.94. The van der Waals surface area contributed by atoms with Gasteiger partial charge in [-0.3, -0.25) is 0 Å². The van der Waals surface area contributed by atoms with Crippen molar-refractivity contribution in [2.45, 2.75) is 58.8 Å². The topological polar surface area (TPSA) is 29.5 Å². The molecule has 1 amide bonds. The molecular weight excluding hydrogens is 214 g/mol. The van der Waals surface area contributed by atoms with Crippen molar-refractivity contribution in [1.29, 1.82) is 0 Å². The summed E-state index contributed by atoms with van der Waals surface area (Å²) in [4.78, 5) is 12.6. The van der Waals surface area contributed by atoms with E-state index in [4.69, 9.17) is 4.74 Å². The van der Waals surface area contributed by atoms with Gasteiger partial charge in [-0.1, -0.05) is 46.0 Å². The van der Waals surface area contributed by atoms with E-state index in [1.807, 2.05) is 0 Å². The predicted octanol–water partition coefficient (Wildman–Crippen LogP) is 4.07. The standard InChI is InChI=1S/C14H29NO2/c1-5-7-10-13(6-2)11-8-9-12-17-14(16)15(3)4/h13H,5-12H2,1-4H3. The molecule has 0 rings (SSSR count). The molecule has 0 bridgehead atoms. The van der Waals surface area contributed by atoms with Crippen LogP contribution in [0.1, 0.15) is 58.8 Å². The average molecular weight is 243 g/mol. The van der Waals surface area contributed by atoms with Crippen LogP contribution in [0.15, 0.2) is 0 Å². The highest BCUT2D eigenvalue weighted by Gasteiger charge is 2.06. The first-order chi connectivity index (χ1) is 8.11. The number of hydrogen-bond donors (Lipinski definition) is 0. The second-order valence-electron chi connectivity index (χ2n) is 4.92. The van der Waals surface area contributed by atoms with Crippen molar-refractivity contribution in [2.75, 3.05) is 20.7 Å². The number of carbonyl (C=O) groups excluding carboxylic acids is 1. The summed E-state index contributed by atoms with van der Waals surface area (Å²) >= 11 is 0. The molecular formula is C14H29NO2. The summed E-state index contributed by atoms with van der Waals surface area (Å²) in [5.41, 5.74) is 0. The third-order valence-electron chi connectivity index (χ3n) is 3.14. The van der Waals surface area contributed by atoms with Gasteiger partial charge in [0.15, 0.2) is 0 Å². The summed E-state index contributed by atoms with van der Waals surface area (Å²) in [7, 11) is 3.42. The molecule has 0 saturated carbocycles. The Labute approximate surface area is 107 Å². The third-order valence-corrected chi connectivity index (χ3v) is 3.14. The maximum atomic E-state index is 11.1. The monoisotopic (exact) mass is 243 g/mol. The van der Waals surface area contributed by atoms with Crippen LogP contribution in [0, 0.1) is 5.92 Å². The quantitative estimate of drug-likeness (QED) is 0.571. The van der Waals surface area contributed by atoms with E-state index in [0.29, 0.717) is 6.61 Å². The molecule has 0 spiro atoms. The first kappa shape index (κ1) is 16.3. The molecule has 0 aliphatic rings. The normalized spacial score (nSPS) is 12.2. The summed E-state index contributed by atoms with van der Waals surface area (Å²) in [6.07, 6.45) is 8.46. The first-order valence-electron chi connectivity index (χ1n) is 6.95. The van der Waals surface area contributed by atoms with Crippen LogP contribution in [0.2, 0.25) is 0 Å². The highest BCUT2D eigenvalue weighted by atomic mass is 16.6. The van der Waals surface area contributed by atoms with Gasteiger partial charge in [-0.15, -0.1) is 0 Å². The van der Waals surface area contributed by atoms with Gasteiger partial charge < -0.3 is 9.64 Å². The van der Waals surface area contributed by atoms with Crippen molar-refractivity contribution in [1.82, 2.24) is 4.90 Å². The Hall–Kier alpha value is -0.730. The van der Waals surface area contributed by atoms with E-state index in [9.17, 15) is 4.79 Å². The van der Waals surface area contributed by atoms with E-state index in [-0.39, 0.29) is 6.09 Å². The van der Waals surface area contributed by atoms with Crippen LogP contribution in [0.4, 0.5) is 4.79 Å². The van der Waals surface area contributed by atoms with Crippen LogP contribution in [0.5, 0.6) is 0 Å². The molecule has 1 atom stereocenters. The molecule has 0 saturated heterocycles. The van der Waals surface area contributed by atoms with Crippen LogP contribution < -0.4 is 0 Å². The molecule has 0 radical (unpaired) electrons. The van der Waals surface area contributed by atoms with Gasteiger partial charge in [-0.2, -0.15) is 0 Å². The number of hydrogen-bond acceptors (Lipinski definition) is 2. The molecule has 3 heteroatoms. The fraction of sp³-hybridized carbons (Fsp3) is 0.929. The Morgan fingerprint density at radius 3 is 2.29 bits per heavy atom. The smallest absolute Gasteiger partial charge is 0.409 e. The Morgan fingerprint density at radius 2 is 1.76 bits per heavy atom. The van der Waals surface area contributed by atoms with Gasteiger partial charge in [-0.25, -0.2) is 4.79 Å². The number of rotatable bonds is 9. The number of nitrogens with zero attached hydrogens (tertiary/aromatic N) is 1. The summed E-state index contributed by atoms with van der Waals surface area (Å²) in [5, 5.41) is 0. The molecule has 0 N–H and O–H groups in total.